The van der Waals surface area contributed by atoms with E-state index in [-0.39, 0.29) is 30.4 Å². The van der Waals surface area contributed by atoms with Gasteiger partial charge in [-0.05, 0) is 42.7 Å². The number of anilines is 1. The van der Waals surface area contributed by atoms with E-state index in [1.807, 2.05) is 63.2 Å². The Bertz CT molecular complexity index is 956. The van der Waals surface area contributed by atoms with Gasteiger partial charge in [0.25, 0.3) is 5.91 Å². The van der Waals surface area contributed by atoms with Crippen LogP contribution in [0.1, 0.15) is 19.4 Å². The van der Waals surface area contributed by atoms with Gasteiger partial charge in [-0.3, -0.25) is 9.59 Å². The average Bonchev–Trinajstić information content (AvgIpc) is 2.81. The summed E-state index contributed by atoms with van der Waals surface area (Å²) in [6, 6.07) is 15.9. The molecule has 33 heavy (non-hydrogen) atoms. The van der Waals surface area contributed by atoms with E-state index in [1.165, 1.54) is 0 Å². The van der Waals surface area contributed by atoms with Crippen LogP contribution in [-0.2, 0) is 9.59 Å². The second-order valence-corrected chi connectivity index (χ2v) is 8.50. The van der Waals surface area contributed by atoms with Crippen molar-refractivity contribution >= 4 is 23.5 Å². The average molecular weight is 453 g/mol. The van der Waals surface area contributed by atoms with Crippen molar-refractivity contribution in [2.24, 2.45) is 5.92 Å². The first-order valence-corrected chi connectivity index (χ1v) is 11.2. The number of benzene rings is 2. The molecule has 1 saturated heterocycles. The number of hydrogen-bond acceptors (Lipinski definition) is 4. The third-order valence-corrected chi connectivity index (χ3v) is 5.51. The molecule has 0 aliphatic carbocycles. The van der Waals surface area contributed by atoms with Crippen molar-refractivity contribution in [3.8, 4) is 5.75 Å². The molecular formula is C25H32N4O4. The highest BCUT2D eigenvalue weighted by atomic mass is 16.5. The Morgan fingerprint density at radius 1 is 0.939 bits per heavy atom. The van der Waals surface area contributed by atoms with Gasteiger partial charge in [-0.25, -0.2) is 4.79 Å². The van der Waals surface area contributed by atoms with Crippen molar-refractivity contribution in [1.29, 1.82) is 0 Å². The lowest BCUT2D eigenvalue weighted by molar-refractivity contribution is -0.139. The first-order chi connectivity index (χ1) is 15.8. The fraction of sp³-hybridized carbons (Fsp3) is 0.400. The summed E-state index contributed by atoms with van der Waals surface area (Å²) < 4.78 is 5.48. The third kappa shape index (κ3) is 6.97. The molecule has 0 saturated carbocycles. The monoisotopic (exact) mass is 452 g/mol. The summed E-state index contributed by atoms with van der Waals surface area (Å²) >= 11 is 0. The Kier molecular flexibility index (Phi) is 8.29. The SMILES string of the molecule is Cc1cccc(NC(=O)N2CCN(C(=O)C(NC(=O)COc3ccccc3)C(C)C)CC2)c1. The molecule has 1 heterocycles. The van der Waals surface area contributed by atoms with Gasteiger partial charge in [0.2, 0.25) is 5.91 Å². The van der Waals surface area contributed by atoms with Crippen LogP contribution in [0.4, 0.5) is 10.5 Å². The molecule has 0 radical (unpaired) electrons. The number of nitrogens with one attached hydrogen (secondary N) is 2. The van der Waals surface area contributed by atoms with Crippen molar-refractivity contribution in [2.45, 2.75) is 26.8 Å². The van der Waals surface area contributed by atoms with E-state index in [2.05, 4.69) is 10.6 Å². The molecule has 1 unspecified atom stereocenters. The van der Waals surface area contributed by atoms with E-state index in [0.717, 1.165) is 11.3 Å². The molecule has 4 amide bonds. The van der Waals surface area contributed by atoms with Crippen molar-refractivity contribution in [1.82, 2.24) is 15.1 Å². The Morgan fingerprint density at radius 2 is 1.61 bits per heavy atom. The zero-order valence-electron chi connectivity index (χ0n) is 19.4. The standard InChI is InChI=1S/C25H32N4O4/c1-18(2)23(27-22(30)17-33-21-10-5-4-6-11-21)24(31)28-12-14-29(15-13-28)25(32)26-20-9-7-8-19(3)16-20/h4-11,16,18,23H,12-15,17H2,1-3H3,(H,26,32)(H,27,30). The number of carbonyl (C=O) groups is 3. The van der Waals surface area contributed by atoms with E-state index < -0.39 is 6.04 Å². The van der Waals surface area contributed by atoms with Crippen LogP contribution in [0.25, 0.3) is 0 Å². The maximum Gasteiger partial charge on any atom is 0.321 e. The van der Waals surface area contributed by atoms with Crippen LogP contribution in [-0.4, -0.2) is 66.5 Å². The highest BCUT2D eigenvalue weighted by molar-refractivity contribution is 5.90. The molecule has 0 bridgehead atoms. The summed E-state index contributed by atoms with van der Waals surface area (Å²) in [6.07, 6.45) is 0. The number of hydrogen-bond donors (Lipinski definition) is 2. The van der Waals surface area contributed by atoms with E-state index in [0.29, 0.717) is 31.9 Å². The number of urea groups is 1. The van der Waals surface area contributed by atoms with Gasteiger partial charge in [0.05, 0.1) is 0 Å². The zero-order chi connectivity index (χ0) is 23.8. The second-order valence-electron chi connectivity index (χ2n) is 8.50. The summed E-state index contributed by atoms with van der Waals surface area (Å²) in [5.41, 5.74) is 1.82. The maximum absolute atomic E-state index is 13.1. The number of nitrogens with zero attached hydrogens (tertiary/aromatic N) is 2. The number of amides is 4. The molecule has 3 rings (SSSR count). The fourth-order valence-corrected chi connectivity index (χ4v) is 3.65. The third-order valence-electron chi connectivity index (χ3n) is 5.51. The normalized spacial score (nSPS) is 14.5. The van der Waals surface area contributed by atoms with Crippen LogP contribution < -0.4 is 15.4 Å². The quantitative estimate of drug-likeness (QED) is 0.676. The van der Waals surface area contributed by atoms with Crippen LogP contribution in [0.2, 0.25) is 0 Å². The molecule has 0 spiro atoms. The van der Waals surface area contributed by atoms with Crippen LogP contribution in [0.3, 0.4) is 0 Å². The molecular weight excluding hydrogens is 420 g/mol. The molecule has 1 aliphatic heterocycles. The molecule has 176 valence electrons. The molecule has 2 N–H and O–H groups in total. The van der Waals surface area contributed by atoms with Crippen molar-refractivity contribution in [3.05, 3.63) is 60.2 Å². The number of carbonyl (C=O) groups excluding carboxylic acids is 3. The summed E-state index contributed by atoms with van der Waals surface area (Å²) in [6.45, 7) is 7.29. The first-order valence-electron chi connectivity index (χ1n) is 11.2. The minimum Gasteiger partial charge on any atom is -0.484 e. The van der Waals surface area contributed by atoms with Crippen molar-refractivity contribution < 1.29 is 19.1 Å². The van der Waals surface area contributed by atoms with Gasteiger partial charge in [0, 0.05) is 31.9 Å². The number of para-hydroxylation sites is 1. The van der Waals surface area contributed by atoms with Crippen LogP contribution in [0.15, 0.2) is 54.6 Å². The molecule has 1 atom stereocenters. The lowest BCUT2D eigenvalue weighted by Crippen LogP contribution is -2.58. The number of aryl methyl sites for hydroxylation is 1. The molecule has 2 aromatic rings. The van der Waals surface area contributed by atoms with Gasteiger partial charge in [-0.15, -0.1) is 0 Å². The Morgan fingerprint density at radius 3 is 2.24 bits per heavy atom. The van der Waals surface area contributed by atoms with E-state index in [1.54, 1.807) is 21.9 Å². The number of piperazine rings is 1. The molecule has 8 heteroatoms. The lowest BCUT2D eigenvalue weighted by Gasteiger charge is -2.37. The van der Waals surface area contributed by atoms with E-state index in [9.17, 15) is 14.4 Å². The first kappa shape index (κ1) is 24.1. The molecule has 0 aromatic heterocycles. The van der Waals surface area contributed by atoms with Gasteiger partial charge < -0.3 is 25.2 Å². The minimum absolute atomic E-state index is 0.0826. The van der Waals surface area contributed by atoms with Gasteiger partial charge in [0.1, 0.15) is 11.8 Å². The Balaban J connectivity index is 1.49. The Hall–Kier alpha value is -3.55. The van der Waals surface area contributed by atoms with Crippen LogP contribution >= 0.6 is 0 Å². The minimum atomic E-state index is -0.649. The molecule has 1 aliphatic rings. The summed E-state index contributed by atoms with van der Waals surface area (Å²) in [5, 5.41) is 5.71. The maximum atomic E-state index is 13.1. The molecule has 2 aromatic carbocycles. The summed E-state index contributed by atoms with van der Waals surface area (Å²) in [5.74, 6) is 0.0276. The smallest absolute Gasteiger partial charge is 0.321 e. The molecule has 8 nitrogen and oxygen atoms in total. The topological polar surface area (TPSA) is 91.0 Å². The van der Waals surface area contributed by atoms with E-state index in [4.69, 9.17) is 4.74 Å². The summed E-state index contributed by atoms with van der Waals surface area (Å²) in [4.78, 5) is 41.5. The van der Waals surface area contributed by atoms with Crippen molar-refractivity contribution in [2.75, 3.05) is 38.1 Å². The lowest BCUT2D eigenvalue weighted by atomic mass is 10.0. The number of ether oxygens (including phenoxy) is 1. The van der Waals surface area contributed by atoms with Crippen LogP contribution in [0, 0.1) is 12.8 Å². The number of rotatable bonds is 7. The van der Waals surface area contributed by atoms with Gasteiger partial charge >= 0.3 is 6.03 Å². The highest BCUT2D eigenvalue weighted by Gasteiger charge is 2.31. The molecule has 1 fully saturated rings. The highest BCUT2D eigenvalue weighted by Crippen LogP contribution is 2.14. The van der Waals surface area contributed by atoms with Crippen LogP contribution in [0.5, 0.6) is 5.75 Å². The van der Waals surface area contributed by atoms with Gasteiger partial charge in [-0.1, -0.05) is 44.2 Å². The second kappa shape index (κ2) is 11.4. The fourth-order valence-electron chi connectivity index (χ4n) is 3.65. The largest absolute Gasteiger partial charge is 0.484 e. The Labute approximate surface area is 194 Å². The zero-order valence-corrected chi connectivity index (χ0v) is 19.4. The predicted octanol–water partition coefficient (Wildman–Crippen LogP) is 2.89. The van der Waals surface area contributed by atoms with Gasteiger partial charge in [0.15, 0.2) is 6.61 Å². The van der Waals surface area contributed by atoms with Crippen molar-refractivity contribution in [3.63, 3.8) is 0 Å². The van der Waals surface area contributed by atoms with E-state index >= 15 is 0 Å². The van der Waals surface area contributed by atoms with Gasteiger partial charge in [-0.2, -0.15) is 0 Å². The summed E-state index contributed by atoms with van der Waals surface area (Å²) in [7, 11) is 0. The predicted molar refractivity (Wildman–Crippen MR) is 127 cm³/mol.